The van der Waals surface area contributed by atoms with Crippen molar-refractivity contribution in [2.75, 3.05) is 20.3 Å². The molecule has 1 aromatic heterocycles. The van der Waals surface area contributed by atoms with E-state index in [9.17, 15) is 14.7 Å². The molecular weight excluding hydrogens is 640 g/mol. The number of para-hydroxylation sites is 1. The maximum absolute atomic E-state index is 13.9. The second-order valence-electron chi connectivity index (χ2n) is 8.75. The molecule has 1 aliphatic heterocycles. The number of ether oxygens (including phenoxy) is 3. The first-order valence-corrected chi connectivity index (χ1v) is 14.1. The van der Waals surface area contributed by atoms with Crippen LogP contribution in [-0.4, -0.2) is 42.1 Å². The first kappa shape index (κ1) is 28.3. The van der Waals surface area contributed by atoms with Crippen LogP contribution in [0.15, 0.2) is 66.4 Å². The Morgan fingerprint density at radius 2 is 1.89 bits per heavy atom. The van der Waals surface area contributed by atoms with Gasteiger partial charge in [0.15, 0.2) is 4.80 Å². The highest BCUT2D eigenvalue weighted by atomic mass is 79.9. The van der Waals surface area contributed by atoms with Crippen LogP contribution in [0.5, 0.6) is 11.5 Å². The van der Waals surface area contributed by atoms with Crippen molar-refractivity contribution in [3.05, 3.63) is 87.4 Å². The highest BCUT2D eigenvalue weighted by Crippen LogP contribution is 2.36. The molecule has 4 rings (SSSR count). The van der Waals surface area contributed by atoms with E-state index in [4.69, 9.17) is 14.2 Å². The molecule has 1 atom stereocenters. The second-order valence-corrected chi connectivity index (χ2v) is 11.5. The number of aromatic nitrogens is 1. The van der Waals surface area contributed by atoms with Crippen LogP contribution >= 0.6 is 43.2 Å². The van der Waals surface area contributed by atoms with Crippen LogP contribution in [0, 0.1) is 0 Å². The van der Waals surface area contributed by atoms with E-state index in [1.807, 2.05) is 38.1 Å². The Hall–Kier alpha value is -2.73. The number of phenols is 1. The molecule has 3 aromatic rings. The van der Waals surface area contributed by atoms with E-state index in [0.29, 0.717) is 40.9 Å². The van der Waals surface area contributed by atoms with Crippen molar-refractivity contribution in [2.45, 2.75) is 32.9 Å². The lowest BCUT2D eigenvalue weighted by molar-refractivity contribution is -0.140. The fourth-order valence-corrected chi connectivity index (χ4v) is 6.33. The Morgan fingerprint density at radius 1 is 1.21 bits per heavy atom. The van der Waals surface area contributed by atoms with Crippen LogP contribution < -0.4 is 19.6 Å². The predicted molar refractivity (Wildman–Crippen MR) is 152 cm³/mol. The van der Waals surface area contributed by atoms with E-state index in [-0.39, 0.29) is 36.2 Å². The molecule has 200 valence electrons. The molecule has 1 N–H and O–H groups in total. The lowest BCUT2D eigenvalue weighted by Crippen LogP contribution is -2.40. The van der Waals surface area contributed by atoms with Gasteiger partial charge in [-0.3, -0.25) is 9.36 Å². The van der Waals surface area contributed by atoms with Gasteiger partial charge in [-0.1, -0.05) is 29.5 Å². The van der Waals surface area contributed by atoms with Crippen molar-refractivity contribution in [2.24, 2.45) is 4.99 Å². The Morgan fingerprint density at radius 3 is 2.55 bits per heavy atom. The second kappa shape index (κ2) is 12.0. The number of halogens is 2. The molecule has 0 saturated carbocycles. The summed E-state index contributed by atoms with van der Waals surface area (Å²) in [6.07, 6.45) is 1.60. The number of esters is 1. The van der Waals surface area contributed by atoms with Crippen molar-refractivity contribution < 1.29 is 24.1 Å². The summed E-state index contributed by atoms with van der Waals surface area (Å²) in [6.45, 7) is 5.87. The quantitative estimate of drug-likeness (QED) is 0.282. The molecule has 0 spiro atoms. The molecule has 38 heavy (non-hydrogen) atoms. The van der Waals surface area contributed by atoms with Crippen LogP contribution in [0.25, 0.3) is 6.08 Å². The van der Waals surface area contributed by atoms with E-state index in [1.54, 1.807) is 25.1 Å². The number of carbonyl (C=O) groups excluding carboxylic acids is 1. The minimum Gasteiger partial charge on any atom is -0.506 e. The van der Waals surface area contributed by atoms with Gasteiger partial charge in [-0.25, -0.2) is 9.79 Å². The summed E-state index contributed by atoms with van der Waals surface area (Å²) in [5.41, 5.74) is 1.75. The van der Waals surface area contributed by atoms with Crippen molar-refractivity contribution in [3.8, 4) is 11.5 Å². The molecule has 2 heterocycles. The fraction of sp³-hybridized carbons (Fsp3) is 0.296. The number of benzene rings is 2. The topological polar surface area (TPSA) is 99.4 Å². The van der Waals surface area contributed by atoms with Crippen LogP contribution in [0.2, 0.25) is 0 Å². The average molecular weight is 666 g/mol. The molecule has 2 aromatic carbocycles. The number of phenolic OH excluding ortho intramolecular Hbond substituents is 1. The Balaban J connectivity index is 1.94. The van der Waals surface area contributed by atoms with Gasteiger partial charge in [-0.2, -0.15) is 0 Å². The number of hydrogen-bond acceptors (Lipinski definition) is 8. The first-order chi connectivity index (χ1) is 18.1. The van der Waals surface area contributed by atoms with E-state index in [2.05, 4.69) is 36.9 Å². The minimum atomic E-state index is -0.809. The molecule has 0 fully saturated rings. The maximum Gasteiger partial charge on any atom is 0.338 e. The number of nitrogens with zero attached hydrogens (tertiary/aromatic N) is 2. The number of carbonyl (C=O) groups is 1. The minimum absolute atomic E-state index is 0.0672. The number of allylic oxidation sites excluding steroid dienone is 1. The van der Waals surface area contributed by atoms with Crippen LogP contribution in [0.4, 0.5) is 0 Å². The number of methoxy groups -OCH3 is 1. The summed E-state index contributed by atoms with van der Waals surface area (Å²) in [7, 11) is 1.52. The SMILES string of the molecule is COCCOC(=O)C1=C(C)N=c2s/c(=C/c3cc(Br)c(O)c(Br)c3)c(=O)n2[C@H]1c1ccccc1OC(C)C. The molecule has 0 saturated heterocycles. The zero-order valence-corrected chi connectivity index (χ0v) is 25.1. The molecule has 0 amide bonds. The lowest BCUT2D eigenvalue weighted by Gasteiger charge is -2.27. The maximum atomic E-state index is 13.9. The fourth-order valence-electron chi connectivity index (χ4n) is 4.06. The number of thiazole rings is 1. The molecular formula is C27H26Br2N2O6S. The Bertz CT molecular complexity index is 1570. The molecule has 8 nitrogen and oxygen atoms in total. The average Bonchev–Trinajstić information content (AvgIpc) is 3.16. The largest absolute Gasteiger partial charge is 0.506 e. The summed E-state index contributed by atoms with van der Waals surface area (Å²) in [4.78, 5) is 32.3. The normalized spacial score (nSPS) is 15.4. The zero-order chi connectivity index (χ0) is 27.6. The molecule has 0 unspecified atom stereocenters. The summed E-state index contributed by atoms with van der Waals surface area (Å²) < 4.78 is 19.5. The molecule has 0 bridgehead atoms. The van der Waals surface area contributed by atoms with Crippen molar-refractivity contribution in [1.29, 1.82) is 0 Å². The first-order valence-electron chi connectivity index (χ1n) is 11.7. The van der Waals surface area contributed by atoms with Gasteiger partial charge in [-0.05, 0) is 82.5 Å². The zero-order valence-electron chi connectivity index (χ0n) is 21.2. The van der Waals surface area contributed by atoms with Gasteiger partial charge < -0.3 is 19.3 Å². The molecule has 1 aliphatic rings. The number of aromatic hydroxyl groups is 1. The monoisotopic (exact) mass is 664 g/mol. The van der Waals surface area contributed by atoms with Crippen molar-refractivity contribution in [1.82, 2.24) is 4.57 Å². The smallest absolute Gasteiger partial charge is 0.338 e. The van der Waals surface area contributed by atoms with Gasteiger partial charge in [0.2, 0.25) is 0 Å². The molecule has 0 radical (unpaired) electrons. The van der Waals surface area contributed by atoms with Crippen LogP contribution in [-0.2, 0) is 14.3 Å². The number of fused-ring (bicyclic) bond motifs is 1. The summed E-state index contributed by atoms with van der Waals surface area (Å²) in [6, 6.07) is 9.97. The van der Waals surface area contributed by atoms with Gasteiger partial charge >= 0.3 is 5.97 Å². The number of rotatable bonds is 8. The van der Waals surface area contributed by atoms with E-state index in [1.165, 1.54) is 23.0 Å². The number of hydrogen-bond donors (Lipinski definition) is 1. The van der Waals surface area contributed by atoms with E-state index < -0.39 is 12.0 Å². The lowest BCUT2D eigenvalue weighted by atomic mass is 9.95. The standard InChI is InChI=1S/C27H26Br2N2O6S/c1-14(2)37-20-8-6-5-7-17(20)23-22(26(34)36-10-9-35-4)15(3)30-27-31(23)25(33)21(38-27)13-16-11-18(28)24(32)19(29)12-16/h5-8,11-14,23,32H,9-10H2,1-4H3/b21-13+/t23-/m0/s1. The Kier molecular flexibility index (Phi) is 8.92. The van der Waals surface area contributed by atoms with E-state index in [0.717, 1.165) is 0 Å². The van der Waals surface area contributed by atoms with Gasteiger partial charge in [0, 0.05) is 12.7 Å². The highest BCUT2D eigenvalue weighted by molar-refractivity contribution is 9.11. The van der Waals surface area contributed by atoms with Gasteiger partial charge in [-0.15, -0.1) is 0 Å². The van der Waals surface area contributed by atoms with Crippen molar-refractivity contribution >= 4 is 55.2 Å². The molecule has 11 heteroatoms. The third-order valence-electron chi connectivity index (χ3n) is 5.68. The van der Waals surface area contributed by atoms with Gasteiger partial charge in [0.05, 0.1) is 37.5 Å². The third kappa shape index (κ3) is 5.80. The summed E-state index contributed by atoms with van der Waals surface area (Å²) >= 11 is 7.88. The van der Waals surface area contributed by atoms with Gasteiger partial charge in [0.25, 0.3) is 5.56 Å². The predicted octanol–water partition coefficient (Wildman–Crippen LogP) is 4.44. The van der Waals surface area contributed by atoms with Crippen LogP contribution in [0.3, 0.4) is 0 Å². The molecule has 0 aliphatic carbocycles. The third-order valence-corrected chi connectivity index (χ3v) is 7.87. The van der Waals surface area contributed by atoms with Gasteiger partial charge in [0.1, 0.15) is 24.1 Å². The Labute approximate surface area is 240 Å². The van der Waals surface area contributed by atoms with Crippen LogP contribution in [0.1, 0.15) is 37.9 Å². The highest BCUT2D eigenvalue weighted by Gasteiger charge is 2.35. The summed E-state index contributed by atoms with van der Waals surface area (Å²) in [5, 5.41) is 10.1. The summed E-state index contributed by atoms with van der Waals surface area (Å²) in [5.74, 6) is 0.0521. The van der Waals surface area contributed by atoms with E-state index >= 15 is 0 Å². The van der Waals surface area contributed by atoms with Crippen molar-refractivity contribution in [3.63, 3.8) is 0 Å².